The van der Waals surface area contributed by atoms with E-state index in [2.05, 4.69) is 6.58 Å². The predicted molar refractivity (Wildman–Crippen MR) is 139 cm³/mol. The van der Waals surface area contributed by atoms with Crippen molar-refractivity contribution in [2.45, 2.75) is 6.92 Å². The van der Waals surface area contributed by atoms with Crippen LogP contribution in [-0.2, 0) is 16.6 Å². The summed E-state index contributed by atoms with van der Waals surface area (Å²) < 4.78 is 3.41. The number of benzene rings is 2. The summed E-state index contributed by atoms with van der Waals surface area (Å²) in [7, 11) is 1.76. The maximum atomic E-state index is 13.7. The number of carbonyl (C=O) groups is 2. The van der Waals surface area contributed by atoms with Gasteiger partial charge in [-0.1, -0.05) is 66.5 Å². The van der Waals surface area contributed by atoms with Crippen molar-refractivity contribution in [1.82, 2.24) is 9.36 Å². The highest BCUT2D eigenvalue weighted by Gasteiger charge is 2.44. The molecule has 1 saturated heterocycles. The Hall–Kier alpha value is -3.69. The highest BCUT2D eigenvalue weighted by atomic mass is 32.2. The van der Waals surface area contributed by atoms with Crippen molar-refractivity contribution in [3.8, 4) is 5.69 Å². The van der Waals surface area contributed by atoms with Gasteiger partial charge in [-0.3, -0.25) is 24.0 Å². The minimum Gasteiger partial charge on any atom is -0.304 e. The van der Waals surface area contributed by atoms with Gasteiger partial charge in [-0.25, -0.2) is 4.68 Å². The van der Waals surface area contributed by atoms with Crippen LogP contribution in [0.15, 0.2) is 77.0 Å². The summed E-state index contributed by atoms with van der Waals surface area (Å²) in [6.45, 7) is 5.82. The molecule has 0 aliphatic carbocycles. The zero-order chi connectivity index (χ0) is 24.1. The number of hydrogen-bond acceptors (Lipinski definition) is 5. The SMILES string of the molecule is C=CCN1C(=O)C(=C2SC(=S)N(c3c(C)n(C)n(-c4ccccc4)c3=O)C2=O)c2ccccc21. The number of anilines is 2. The van der Waals surface area contributed by atoms with E-state index in [1.54, 1.807) is 29.6 Å². The molecule has 0 N–H and O–H groups in total. The third-order valence-electron chi connectivity index (χ3n) is 5.98. The highest BCUT2D eigenvalue weighted by molar-refractivity contribution is 8.27. The van der Waals surface area contributed by atoms with Gasteiger partial charge in [0.2, 0.25) is 0 Å². The second-order valence-corrected chi connectivity index (χ2v) is 9.49. The predicted octanol–water partition coefficient (Wildman–Crippen LogP) is 3.79. The number of thioether (sulfide) groups is 1. The molecular weight excluding hydrogens is 468 g/mol. The zero-order valence-electron chi connectivity index (χ0n) is 18.5. The van der Waals surface area contributed by atoms with Crippen molar-refractivity contribution in [3.63, 3.8) is 0 Å². The molecule has 7 nitrogen and oxygen atoms in total. The Morgan fingerprint density at radius 2 is 1.68 bits per heavy atom. The van der Waals surface area contributed by atoms with Gasteiger partial charge in [-0.15, -0.1) is 6.58 Å². The van der Waals surface area contributed by atoms with Crippen LogP contribution in [0, 0.1) is 6.92 Å². The molecule has 2 aliphatic heterocycles. The van der Waals surface area contributed by atoms with Crippen LogP contribution in [0.4, 0.5) is 11.4 Å². The summed E-state index contributed by atoms with van der Waals surface area (Å²) in [5.41, 5.74) is 2.77. The molecule has 5 rings (SSSR count). The second kappa shape index (κ2) is 8.27. The Morgan fingerprint density at radius 1 is 1.00 bits per heavy atom. The molecule has 0 spiro atoms. The van der Waals surface area contributed by atoms with Gasteiger partial charge in [0.05, 0.1) is 27.5 Å². The van der Waals surface area contributed by atoms with E-state index in [4.69, 9.17) is 12.2 Å². The fourth-order valence-electron chi connectivity index (χ4n) is 4.33. The first kappa shape index (κ1) is 22.1. The van der Waals surface area contributed by atoms with E-state index in [1.165, 1.54) is 9.58 Å². The van der Waals surface area contributed by atoms with Crippen molar-refractivity contribution in [3.05, 3.63) is 93.8 Å². The fraction of sp³-hybridized carbons (Fsp3) is 0.120. The van der Waals surface area contributed by atoms with E-state index in [1.807, 2.05) is 54.6 Å². The summed E-state index contributed by atoms with van der Waals surface area (Å²) in [4.78, 5) is 43.6. The summed E-state index contributed by atoms with van der Waals surface area (Å²) in [5, 5.41) is 0. The molecular formula is C25H20N4O3S2. The molecule has 3 aromatic rings. The lowest BCUT2D eigenvalue weighted by atomic mass is 10.1. The second-order valence-electron chi connectivity index (χ2n) is 7.84. The number of hydrogen-bond donors (Lipinski definition) is 0. The Balaban J connectivity index is 1.66. The number of rotatable bonds is 4. The molecule has 170 valence electrons. The molecule has 0 bridgehead atoms. The maximum Gasteiger partial charge on any atom is 0.296 e. The molecule has 0 saturated carbocycles. The lowest BCUT2D eigenvalue weighted by molar-refractivity contribution is -0.115. The minimum atomic E-state index is -0.473. The number of carbonyl (C=O) groups excluding carboxylic acids is 2. The first-order chi connectivity index (χ1) is 16.4. The Labute approximate surface area is 205 Å². The van der Waals surface area contributed by atoms with Gasteiger partial charge in [0.1, 0.15) is 5.69 Å². The molecule has 2 aliphatic rings. The van der Waals surface area contributed by atoms with E-state index >= 15 is 0 Å². The number of para-hydroxylation sites is 2. The van der Waals surface area contributed by atoms with E-state index in [0.717, 1.165) is 17.4 Å². The molecule has 1 aromatic heterocycles. The average molecular weight is 489 g/mol. The van der Waals surface area contributed by atoms with Crippen molar-refractivity contribution in [2.75, 3.05) is 16.3 Å². The highest BCUT2D eigenvalue weighted by Crippen LogP contribution is 2.45. The smallest absolute Gasteiger partial charge is 0.296 e. The summed E-state index contributed by atoms with van der Waals surface area (Å²) in [5.74, 6) is -0.757. The van der Waals surface area contributed by atoms with E-state index < -0.39 is 5.91 Å². The Morgan fingerprint density at radius 3 is 2.38 bits per heavy atom. The van der Waals surface area contributed by atoms with E-state index in [-0.39, 0.29) is 26.4 Å². The third kappa shape index (κ3) is 3.12. The number of aromatic nitrogens is 2. The summed E-state index contributed by atoms with van der Waals surface area (Å²) >= 11 is 6.60. The van der Waals surface area contributed by atoms with Crippen LogP contribution in [0.5, 0.6) is 0 Å². The van der Waals surface area contributed by atoms with Crippen molar-refractivity contribution >= 4 is 57.1 Å². The Bertz CT molecular complexity index is 1480. The largest absolute Gasteiger partial charge is 0.304 e. The number of amides is 2. The zero-order valence-corrected chi connectivity index (χ0v) is 20.2. The van der Waals surface area contributed by atoms with Crippen LogP contribution in [0.3, 0.4) is 0 Å². The first-order valence-electron chi connectivity index (χ1n) is 10.5. The van der Waals surface area contributed by atoms with Gasteiger partial charge >= 0.3 is 0 Å². The van der Waals surface area contributed by atoms with Crippen LogP contribution in [0.2, 0.25) is 0 Å². The molecule has 2 amide bonds. The lowest BCUT2D eigenvalue weighted by Crippen LogP contribution is -2.33. The van der Waals surface area contributed by atoms with Crippen LogP contribution >= 0.6 is 24.0 Å². The van der Waals surface area contributed by atoms with Gasteiger partial charge in [-0.2, -0.15) is 0 Å². The first-order valence-corrected chi connectivity index (χ1v) is 11.8. The quantitative estimate of drug-likeness (QED) is 0.318. The molecule has 1 fully saturated rings. The number of nitrogens with zero attached hydrogens (tertiary/aromatic N) is 4. The lowest BCUT2D eigenvalue weighted by Gasteiger charge is -2.14. The molecule has 3 heterocycles. The molecule has 0 radical (unpaired) electrons. The molecule has 0 unspecified atom stereocenters. The molecule has 34 heavy (non-hydrogen) atoms. The number of thiocarbonyl (C=S) groups is 1. The van der Waals surface area contributed by atoms with Crippen LogP contribution in [-0.4, -0.2) is 32.0 Å². The van der Waals surface area contributed by atoms with Crippen molar-refractivity contribution < 1.29 is 9.59 Å². The minimum absolute atomic E-state index is 0.186. The van der Waals surface area contributed by atoms with E-state index in [9.17, 15) is 14.4 Å². The topological polar surface area (TPSA) is 67.6 Å². The maximum absolute atomic E-state index is 13.7. The molecule has 9 heteroatoms. The van der Waals surface area contributed by atoms with Gasteiger partial charge in [0.25, 0.3) is 17.4 Å². The fourth-order valence-corrected chi connectivity index (χ4v) is 5.68. The standard InChI is InChI=1S/C25H20N4O3S2/c1-4-14-27-18-13-9-8-12-17(18)19(22(27)30)21-24(32)28(25(33)34-21)20-15(2)26(3)29(23(20)31)16-10-6-5-7-11-16/h4-13H,1,14H2,2-3H3. The van der Waals surface area contributed by atoms with Crippen LogP contribution < -0.4 is 15.4 Å². The monoisotopic (exact) mass is 488 g/mol. The van der Waals surface area contributed by atoms with Gasteiger partial charge < -0.3 is 4.90 Å². The van der Waals surface area contributed by atoms with Crippen molar-refractivity contribution in [2.24, 2.45) is 7.05 Å². The molecule has 0 atom stereocenters. The normalized spacial score (nSPS) is 17.6. The Kier molecular flexibility index (Phi) is 5.38. The van der Waals surface area contributed by atoms with Crippen LogP contribution in [0.1, 0.15) is 11.3 Å². The number of fused-ring (bicyclic) bond motifs is 1. The average Bonchev–Trinajstić information content (AvgIpc) is 3.36. The third-order valence-corrected chi connectivity index (χ3v) is 7.35. The van der Waals surface area contributed by atoms with Gasteiger partial charge in [0, 0.05) is 19.2 Å². The van der Waals surface area contributed by atoms with Gasteiger partial charge in [0.15, 0.2) is 4.32 Å². The summed E-state index contributed by atoms with van der Waals surface area (Å²) in [6.07, 6.45) is 1.64. The van der Waals surface area contributed by atoms with Crippen LogP contribution in [0.25, 0.3) is 11.3 Å². The molecule has 2 aromatic carbocycles. The van der Waals surface area contributed by atoms with Gasteiger partial charge in [-0.05, 0) is 25.1 Å². The van der Waals surface area contributed by atoms with Crippen molar-refractivity contribution in [1.29, 1.82) is 0 Å². The summed E-state index contributed by atoms with van der Waals surface area (Å²) in [6, 6.07) is 16.5. The van der Waals surface area contributed by atoms with E-state index in [0.29, 0.717) is 29.1 Å².